The van der Waals surface area contributed by atoms with Crippen molar-refractivity contribution in [3.8, 4) is 6.19 Å². The molecule has 0 aliphatic rings. The van der Waals surface area contributed by atoms with E-state index in [-0.39, 0.29) is 5.69 Å². The highest BCUT2D eigenvalue weighted by atomic mass is 19.4. The van der Waals surface area contributed by atoms with E-state index in [4.69, 9.17) is 5.26 Å². The number of hydrogen-bond acceptors (Lipinski definition) is 4. The summed E-state index contributed by atoms with van der Waals surface area (Å²) >= 11 is 0. The van der Waals surface area contributed by atoms with Gasteiger partial charge >= 0.3 is 6.36 Å². The second-order valence-electron chi connectivity index (χ2n) is 2.41. The summed E-state index contributed by atoms with van der Waals surface area (Å²) in [5.41, 5.74) is 1.71. The minimum absolute atomic E-state index is 0.240. The van der Waals surface area contributed by atoms with Crippen LogP contribution in [0, 0.1) is 11.5 Å². The third-order valence-corrected chi connectivity index (χ3v) is 1.37. The number of alkyl halides is 3. The van der Waals surface area contributed by atoms with Gasteiger partial charge in [0.1, 0.15) is 0 Å². The van der Waals surface area contributed by atoms with E-state index < -0.39 is 6.36 Å². The van der Waals surface area contributed by atoms with Crippen molar-refractivity contribution in [2.75, 3.05) is 5.01 Å². The van der Waals surface area contributed by atoms with Gasteiger partial charge < -0.3 is 0 Å². The Bertz CT molecular complexity index is 346. The summed E-state index contributed by atoms with van der Waals surface area (Å²) in [5, 5.41) is 9.09. The summed E-state index contributed by atoms with van der Waals surface area (Å²) in [4.78, 5) is 3.29. The van der Waals surface area contributed by atoms with Gasteiger partial charge in [-0.2, -0.15) is 15.1 Å². The molecular weight excluding hydrogens is 211 g/mol. The lowest BCUT2D eigenvalue weighted by Gasteiger charge is -2.16. The van der Waals surface area contributed by atoms with Crippen molar-refractivity contribution in [3.63, 3.8) is 0 Å². The summed E-state index contributed by atoms with van der Waals surface area (Å²) in [5.74, 6) is 0. The maximum Gasteiger partial charge on any atom is 0.540 e. The number of anilines is 1. The SMILES string of the molecule is N#CN(NOC(F)(F)F)c1ccccc1. The van der Waals surface area contributed by atoms with E-state index in [1.54, 1.807) is 18.2 Å². The lowest BCUT2D eigenvalue weighted by molar-refractivity contribution is -0.350. The van der Waals surface area contributed by atoms with Crippen LogP contribution >= 0.6 is 0 Å². The monoisotopic (exact) mass is 217 g/mol. The van der Waals surface area contributed by atoms with E-state index in [2.05, 4.69) is 4.84 Å². The fourth-order valence-electron chi connectivity index (χ4n) is 0.805. The summed E-state index contributed by atoms with van der Waals surface area (Å²) in [7, 11) is 0. The number of para-hydroxylation sites is 1. The highest BCUT2D eigenvalue weighted by Gasteiger charge is 2.31. The molecule has 0 fully saturated rings. The van der Waals surface area contributed by atoms with Crippen LogP contribution in [0.4, 0.5) is 18.9 Å². The van der Waals surface area contributed by atoms with Crippen LogP contribution in [0.3, 0.4) is 0 Å². The standard InChI is InChI=1S/C8H6F3N3O/c9-8(10,11)15-13-14(6-12)7-4-2-1-3-5-7/h1-5,13H. The first-order chi connectivity index (χ1) is 7.03. The minimum atomic E-state index is -4.84. The largest absolute Gasteiger partial charge is 0.540 e. The Morgan fingerprint density at radius 2 is 1.87 bits per heavy atom. The number of nitrogens with one attached hydrogen (secondary N) is 1. The maximum atomic E-state index is 11.6. The summed E-state index contributed by atoms with van der Waals surface area (Å²) in [6.07, 6.45) is -3.36. The molecule has 0 unspecified atom stereocenters. The Labute approximate surface area is 83.4 Å². The molecule has 15 heavy (non-hydrogen) atoms. The third-order valence-electron chi connectivity index (χ3n) is 1.37. The number of halogens is 3. The fourth-order valence-corrected chi connectivity index (χ4v) is 0.805. The molecular formula is C8H6F3N3O. The Hall–Kier alpha value is -1.78. The topological polar surface area (TPSA) is 48.3 Å². The summed E-state index contributed by atoms with van der Waals surface area (Å²) in [6, 6.07) is 7.74. The van der Waals surface area contributed by atoms with Gasteiger partial charge in [0.25, 0.3) is 0 Å². The van der Waals surface area contributed by atoms with E-state index in [0.717, 1.165) is 0 Å². The molecule has 0 spiro atoms. The van der Waals surface area contributed by atoms with Crippen molar-refractivity contribution >= 4 is 5.69 Å². The first-order valence-corrected chi connectivity index (χ1v) is 3.78. The van der Waals surface area contributed by atoms with Crippen LogP contribution in [0.2, 0.25) is 0 Å². The van der Waals surface area contributed by atoms with Crippen molar-refractivity contribution in [2.24, 2.45) is 0 Å². The predicted molar refractivity (Wildman–Crippen MR) is 44.8 cm³/mol. The molecule has 4 nitrogen and oxygen atoms in total. The lowest BCUT2D eigenvalue weighted by atomic mass is 10.3. The van der Waals surface area contributed by atoms with Gasteiger partial charge in [0.2, 0.25) is 6.19 Å². The smallest absolute Gasteiger partial charge is 0.188 e. The van der Waals surface area contributed by atoms with Crippen LogP contribution in [0.15, 0.2) is 30.3 Å². The predicted octanol–water partition coefficient (Wildman–Crippen LogP) is 1.93. The number of hydrogen-bond donors (Lipinski definition) is 1. The first-order valence-electron chi connectivity index (χ1n) is 3.78. The van der Waals surface area contributed by atoms with Crippen LogP contribution in [0.25, 0.3) is 0 Å². The normalized spacial score (nSPS) is 10.8. The zero-order valence-corrected chi connectivity index (χ0v) is 7.32. The van der Waals surface area contributed by atoms with E-state index in [1.807, 2.05) is 0 Å². The fraction of sp³-hybridized carbons (Fsp3) is 0.125. The molecule has 0 aromatic heterocycles. The molecule has 1 aromatic carbocycles. The van der Waals surface area contributed by atoms with Crippen molar-refractivity contribution in [3.05, 3.63) is 30.3 Å². The quantitative estimate of drug-likeness (QED) is 0.477. The van der Waals surface area contributed by atoms with Gasteiger partial charge in [-0.15, -0.1) is 13.2 Å². The lowest BCUT2D eigenvalue weighted by Crippen LogP contribution is -2.38. The number of nitriles is 1. The molecule has 0 bridgehead atoms. The van der Waals surface area contributed by atoms with Gasteiger partial charge in [-0.25, -0.2) is 0 Å². The Morgan fingerprint density at radius 1 is 1.27 bits per heavy atom. The Morgan fingerprint density at radius 3 is 2.33 bits per heavy atom. The highest BCUT2D eigenvalue weighted by Crippen LogP contribution is 2.16. The van der Waals surface area contributed by atoms with Crippen LogP contribution in [0.5, 0.6) is 0 Å². The van der Waals surface area contributed by atoms with E-state index >= 15 is 0 Å². The van der Waals surface area contributed by atoms with Crippen LogP contribution in [-0.2, 0) is 4.84 Å². The minimum Gasteiger partial charge on any atom is -0.188 e. The number of rotatable bonds is 3. The Kier molecular flexibility index (Phi) is 3.49. The summed E-state index contributed by atoms with van der Waals surface area (Å²) in [6.45, 7) is 0. The van der Waals surface area contributed by atoms with E-state index in [0.29, 0.717) is 5.01 Å². The zero-order chi connectivity index (χ0) is 11.3. The van der Waals surface area contributed by atoms with Crippen LogP contribution in [-0.4, -0.2) is 6.36 Å². The molecule has 0 amide bonds. The molecule has 0 aliphatic carbocycles. The maximum absolute atomic E-state index is 11.6. The van der Waals surface area contributed by atoms with Gasteiger partial charge in [0, 0.05) is 0 Å². The third kappa shape index (κ3) is 3.84. The molecule has 0 saturated heterocycles. The number of benzene rings is 1. The van der Waals surface area contributed by atoms with E-state index in [1.165, 1.54) is 23.9 Å². The highest BCUT2D eigenvalue weighted by molar-refractivity contribution is 5.47. The van der Waals surface area contributed by atoms with Crippen molar-refractivity contribution in [2.45, 2.75) is 6.36 Å². The van der Waals surface area contributed by atoms with Crippen molar-refractivity contribution in [1.29, 1.82) is 5.26 Å². The summed E-state index contributed by atoms with van der Waals surface area (Å²) < 4.78 is 34.9. The molecule has 80 valence electrons. The van der Waals surface area contributed by atoms with Crippen LogP contribution < -0.4 is 10.6 Å². The van der Waals surface area contributed by atoms with Gasteiger partial charge in [-0.1, -0.05) is 23.8 Å². The molecule has 1 aromatic rings. The van der Waals surface area contributed by atoms with Crippen LogP contribution in [0.1, 0.15) is 0 Å². The first kappa shape index (κ1) is 11.3. The van der Waals surface area contributed by atoms with Gasteiger partial charge in [0.15, 0.2) is 0 Å². The molecule has 0 aliphatic heterocycles. The molecule has 7 heteroatoms. The second-order valence-corrected chi connectivity index (χ2v) is 2.41. The molecule has 0 heterocycles. The molecule has 1 N–H and O–H groups in total. The average Bonchev–Trinajstić information content (AvgIpc) is 2.19. The molecule has 0 radical (unpaired) electrons. The van der Waals surface area contributed by atoms with Gasteiger partial charge in [0.05, 0.1) is 5.69 Å². The van der Waals surface area contributed by atoms with Crippen molar-refractivity contribution < 1.29 is 18.0 Å². The second kappa shape index (κ2) is 4.63. The van der Waals surface area contributed by atoms with Gasteiger partial charge in [-0.05, 0) is 12.1 Å². The number of hydrazine groups is 1. The number of nitrogens with zero attached hydrogens (tertiary/aromatic N) is 2. The van der Waals surface area contributed by atoms with E-state index in [9.17, 15) is 13.2 Å². The molecule has 0 atom stereocenters. The average molecular weight is 217 g/mol. The van der Waals surface area contributed by atoms with Gasteiger partial charge in [-0.3, -0.25) is 0 Å². The molecule has 0 saturated carbocycles. The molecule has 1 rings (SSSR count). The zero-order valence-electron chi connectivity index (χ0n) is 7.32. The van der Waals surface area contributed by atoms with Crippen molar-refractivity contribution in [1.82, 2.24) is 5.59 Å². The Balaban J connectivity index is 2.63.